The molecule has 0 bridgehead atoms. The van der Waals surface area contributed by atoms with Gasteiger partial charge in [-0.05, 0) is 54.3 Å². The molecule has 1 saturated heterocycles. The molecule has 3 aromatic carbocycles. The molecule has 1 aliphatic carbocycles. The average Bonchev–Trinajstić information content (AvgIpc) is 3.33. The first kappa shape index (κ1) is 21.0. The molecule has 0 aromatic heterocycles. The Morgan fingerprint density at radius 1 is 0.882 bits per heavy atom. The fraction of sp³-hybridized carbons (Fsp3) is 0.185. The van der Waals surface area contributed by atoms with Gasteiger partial charge < -0.3 is 4.74 Å². The van der Waals surface area contributed by atoms with Crippen molar-refractivity contribution in [2.45, 2.75) is 29.9 Å². The van der Waals surface area contributed by atoms with Crippen LogP contribution in [0.3, 0.4) is 0 Å². The van der Waals surface area contributed by atoms with Crippen molar-refractivity contribution in [1.82, 2.24) is 4.31 Å². The van der Waals surface area contributed by atoms with Gasteiger partial charge in [-0.3, -0.25) is 9.59 Å². The van der Waals surface area contributed by atoms with Gasteiger partial charge in [-0.15, -0.1) is 0 Å². The zero-order chi connectivity index (χ0) is 23.4. The number of allylic oxidation sites excluding steroid dienone is 2. The van der Waals surface area contributed by atoms with Crippen molar-refractivity contribution in [2.75, 3.05) is 6.54 Å². The quantitative estimate of drug-likeness (QED) is 0.552. The Balaban J connectivity index is 1.43. The number of rotatable bonds is 2. The molecule has 0 amide bonds. The van der Waals surface area contributed by atoms with Crippen LogP contribution < -0.4 is 4.74 Å². The molecular formula is C27H21NO5S. The second-order valence-electron chi connectivity index (χ2n) is 8.73. The molecule has 3 aliphatic rings. The van der Waals surface area contributed by atoms with Gasteiger partial charge in [0.15, 0.2) is 11.6 Å². The molecule has 1 fully saturated rings. The average molecular weight is 472 g/mol. The molecule has 0 N–H and O–H groups in total. The number of ether oxygens (including phenoxy) is 1. The van der Waals surface area contributed by atoms with Gasteiger partial charge in [0.25, 0.3) is 0 Å². The van der Waals surface area contributed by atoms with E-state index in [1.807, 2.05) is 30.3 Å². The summed E-state index contributed by atoms with van der Waals surface area (Å²) in [7, 11) is -3.69. The predicted molar refractivity (Wildman–Crippen MR) is 126 cm³/mol. The standard InChI is InChI=1S/C27H21NO5S/c29-23-16-20(17-7-2-1-3-8-17)26(30)19-13-12-18(15-21(19)23)27-22-9-6-14-28(22)34(31,32)25-11-5-4-10-24(25)33-27/h1-5,7-8,10-13,15-16,22,27H,6,9,14H2/t22-,27+/m0/s1. The Morgan fingerprint density at radius 2 is 1.65 bits per heavy atom. The van der Waals surface area contributed by atoms with Crippen LogP contribution in [0.5, 0.6) is 5.75 Å². The van der Waals surface area contributed by atoms with E-state index in [1.54, 1.807) is 42.5 Å². The van der Waals surface area contributed by atoms with Gasteiger partial charge in [0.05, 0.1) is 6.04 Å². The number of hydrogen-bond acceptors (Lipinski definition) is 5. The van der Waals surface area contributed by atoms with Crippen LogP contribution in [-0.2, 0) is 10.0 Å². The van der Waals surface area contributed by atoms with E-state index in [1.165, 1.54) is 10.4 Å². The lowest BCUT2D eigenvalue weighted by atomic mass is 9.84. The number of carbonyl (C=O) groups is 2. The summed E-state index contributed by atoms with van der Waals surface area (Å²) in [6.07, 6.45) is 2.19. The second-order valence-corrected chi connectivity index (χ2v) is 10.6. The summed E-state index contributed by atoms with van der Waals surface area (Å²) in [6, 6.07) is 20.5. The van der Waals surface area contributed by atoms with Crippen molar-refractivity contribution in [1.29, 1.82) is 0 Å². The topological polar surface area (TPSA) is 80.8 Å². The molecule has 0 radical (unpaired) electrons. The lowest BCUT2D eigenvalue weighted by Gasteiger charge is -2.28. The molecule has 170 valence electrons. The Labute approximate surface area is 197 Å². The van der Waals surface area contributed by atoms with E-state index in [0.717, 1.165) is 6.42 Å². The Bertz CT molecular complexity index is 1480. The van der Waals surface area contributed by atoms with Gasteiger partial charge in [-0.2, -0.15) is 4.31 Å². The van der Waals surface area contributed by atoms with Crippen LogP contribution in [0.15, 0.2) is 83.8 Å². The van der Waals surface area contributed by atoms with Crippen LogP contribution in [0.25, 0.3) is 5.57 Å². The Kier molecular flexibility index (Phi) is 4.79. The Morgan fingerprint density at radius 3 is 2.47 bits per heavy atom. The molecule has 2 heterocycles. The molecule has 2 atom stereocenters. The number of fused-ring (bicyclic) bond motifs is 3. The van der Waals surface area contributed by atoms with Crippen molar-refractivity contribution in [3.05, 3.63) is 101 Å². The number of carbonyl (C=O) groups excluding carboxylic acids is 2. The van der Waals surface area contributed by atoms with Crippen molar-refractivity contribution in [3.63, 3.8) is 0 Å². The number of hydrogen-bond donors (Lipinski definition) is 0. The van der Waals surface area contributed by atoms with Crippen molar-refractivity contribution < 1.29 is 22.7 Å². The van der Waals surface area contributed by atoms with Crippen LogP contribution in [0.4, 0.5) is 0 Å². The maximum Gasteiger partial charge on any atom is 0.247 e. The van der Waals surface area contributed by atoms with Crippen molar-refractivity contribution in [2.24, 2.45) is 0 Å². The van der Waals surface area contributed by atoms with E-state index in [0.29, 0.717) is 46.5 Å². The van der Waals surface area contributed by atoms with Crippen LogP contribution in [0.1, 0.15) is 50.8 Å². The lowest BCUT2D eigenvalue weighted by molar-refractivity contribution is 0.100. The highest BCUT2D eigenvalue weighted by molar-refractivity contribution is 7.89. The molecule has 0 spiro atoms. The molecule has 34 heavy (non-hydrogen) atoms. The van der Waals surface area contributed by atoms with Crippen molar-refractivity contribution in [3.8, 4) is 5.75 Å². The van der Waals surface area contributed by atoms with Gasteiger partial charge in [0, 0.05) is 23.2 Å². The predicted octanol–water partition coefficient (Wildman–Crippen LogP) is 4.44. The molecule has 6 rings (SSSR count). The van der Waals surface area contributed by atoms with Crippen LogP contribution in [0.2, 0.25) is 0 Å². The summed E-state index contributed by atoms with van der Waals surface area (Å²) in [4.78, 5) is 26.4. The summed E-state index contributed by atoms with van der Waals surface area (Å²) in [5.41, 5.74) is 2.42. The van der Waals surface area contributed by atoms with Crippen LogP contribution in [0, 0.1) is 0 Å². The number of Topliss-reactive ketones (excluding diaryl/α,β-unsaturated/α-hetero) is 1. The fourth-order valence-electron chi connectivity index (χ4n) is 5.15. The molecule has 0 unspecified atom stereocenters. The normalized spacial score (nSPS) is 23.2. The van der Waals surface area contributed by atoms with Gasteiger partial charge in [-0.25, -0.2) is 8.42 Å². The fourth-order valence-corrected chi connectivity index (χ4v) is 6.97. The van der Waals surface area contributed by atoms with E-state index in [9.17, 15) is 18.0 Å². The molecule has 7 heteroatoms. The molecule has 2 aliphatic heterocycles. The maximum absolute atomic E-state index is 13.3. The molecule has 6 nitrogen and oxygen atoms in total. The van der Waals surface area contributed by atoms with Gasteiger partial charge in [0.2, 0.25) is 10.0 Å². The minimum atomic E-state index is -3.69. The van der Waals surface area contributed by atoms with Gasteiger partial charge in [0.1, 0.15) is 16.7 Å². The summed E-state index contributed by atoms with van der Waals surface area (Å²) in [5, 5.41) is 0. The SMILES string of the molecule is O=C1C=C(c2ccccc2)C(=O)c2ccc([C@H]3Oc4ccccc4S(=O)(=O)N4CCC[C@@H]34)cc21. The van der Waals surface area contributed by atoms with E-state index < -0.39 is 16.1 Å². The molecule has 0 saturated carbocycles. The first-order valence-electron chi connectivity index (χ1n) is 11.2. The van der Waals surface area contributed by atoms with Crippen LogP contribution >= 0.6 is 0 Å². The smallest absolute Gasteiger partial charge is 0.247 e. The van der Waals surface area contributed by atoms with Gasteiger partial charge >= 0.3 is 0 Å². The maximum atomic E-state index is 13.3. The summed E-state index contributed by atoms with van der Waals surface area (Å²) >= 11 is 0. The number of para-hydroxylation sites is 1. The number of nitrogens with zero attached hydrogens (tertiary/aromatic N) is 1. The van der Waals surface area contributed by atoms with Gasteiger partial charge in [-0.1, -0.05) is 48.5 Å². The third-order valence-electron chi connectivity index (χ3n) is 6.77. The van der Waals surface area contributed by atoms with E-state index >= 15 is 0 Å². The highest BCUT2D eigenvalue weighted by Gasteiger charge is 2.45. The highest BCUT2D eigenvalue weighted by Crippen LogP contribution is 2.43. The number of benzene rings is 3. The van der Waals surface area contributed by atoms with E-state index in [4.69, 9.17) is 4.74 Å². The minimum Gasteiger partial charge on any atom is -0.483 e. The minimum absolute atomic E-state index is 0.157. The monoisotopic (exact) mass is 471 g/mol. The third-order valence-corrected chi connectivity index (χ3v) is 8.74. The first-order valence-corrected chi connectivity index (χ1v) is 12.7. The first-order chi connectivity index (χ1) is 16.4. The summed E-state index contributed by atoms with van der Waals surface area (Å²) < 4.78 is 34.5. The highest BCUT2D eigenvalue weighted by atomic mass is 32.2. The zero-order valence-corrected chi connectivity index (χ0v) is 19.0. The lowest BCUT2D eigenvalue weighted by Crippen LogP contribution is -2.38. The Hall–Kier alpha value is -3.55. The number of ketones is 2. The third kappa shape index (κ3) is 3.15. The van der Waals surface area contributed by atoms with E-state index in [2.05, 4.69) is 0 Å². The van der Waals surface area contributed by atoms with Crippen molar-refractivity contribution >= 4 is 27.2 Å². The summed E-state index contributed by atoms with van der Waals surface area (Å²) in [5.74, 6) is -0.155. The number of sulfonamides is 1. The molecular weight excluding hydrogens is 450 g/mol. The van der Waals surface area contributed by atoms with E-state index in [-0.39, 0.29) is 22.5 Å². The largest absolute Gasteiger partial charge is 0.483 e. The second kappa shape index (κ2) is 7.75. The molecule has 3 aromatic rings. The summed E-state index contributed by atoms with van der Waals surface area (Å²) in [6.45, 7) is 0.423. The van der Waals surface area contributed by atoms with Crippen LogP contribution in [-0.4, -0.2) is 36.9 Å². The zero-order valence-electron chi connectivity index (χ0n) is 18.2.